The summed E-state index contributed by atoms with van der Waals surface area (Å²) in [5, 5.41) is 0. The van der Waals surface area contributed by atoms with Crippen molar-refractivity contribution in [1.82, 2.24) is 0 Å². The van der Waals surface area contributed by atoms with Crippen molar-refractivity contribution in [2.45, 2.75) is 44.1 Å². The zero-order chi connectivity index (χ0) is 10.9. The Bertz CT molecular complexity index is 251. The fourth-order valence-electron chi connectivity index (χ4n) is 3.23. The van der Waals surface area contributed by atoms with Crippen molar-refractivity contribution >= 4 is 5.97 Å². The number of hydrogen-bond donors (Lipinski definition) is 0. The molecule has 2 aliphatic carbocycles. The molecule has 3 atom stereocenters. The molecule has 0 radical (unpaired) electrons. The van der Waals surface area contributed by atoms with Crippen molar-refractivity contribution in [3.8, 4) is 0 Å². The summed E-state index contributed by atoms with van der Waals surface area (Å²) in [6.45, 7) is 0. The molecule has 3 heteroatoms. The molecule has 2 rings (SSSR count). The second-order valence-corrected chi connectivity index (χ2v) is 4.72. The first kappa shape index (κ1) is 10.9. The maximum atomic E-state index is 11.6. The van der Waals surface area contributed by atoms with Gasteiger partial charge in [-0.3, -0.25) is 4.79 Å². The molecular formula is C12H20O3. The van der Waals surface area contributed by atoms with E-state index in [0.717, 1.165) is 12.8 Å². The fraction of sp³-hybridized carbons (Fsp3) is 0.917. The third-order valence-corrected chi connectivity index (χ3v) is 4.12. The SMILES string of the molecule is COC(=O)[C@@H]1[C@@H]2CCCCCC[C@@]12OC. The highest BCUT2D eigenvalue weighted by Crippen LogP contribution is 2.59. The Morgan fingerprint density at radius 2 is 1.93 bits per heavy atom. The molecule has 15 heavy (non-hydrogen) atoms. The monoisotopic (exact) mass is 212 g/mol. The van der Waals surface area contributed by atoms with Crippen LogP contribution in [0.3, 0.4) is 0 Å². The molecule has 0 saturated heterocycles. The summed E-state index contributed by atoms with van der Waals surface area (Å²) < 4.78 is 10.5. The minimum absolute atomic E-state index is 0.00519. The predicted molar refractivity (Wildman–Crippen MR) is 56.4 cm³/mol. The van der Waals surface area contributed by atoms with Gasteiger partial charge in [0, 0.05) is 13.0 Å². The van der Waals surface area contributed by atoms with Gasteiger partial charge in [-0.25, -0.2) is 0 Å². The number of rotatable bonds is 2. The van der Waals surface area contributed by atoms with Crippen molar-refractivity contribution in [3.05, 3.63) is 0 Å². The van der Waals surface area contributed by atoms with Crippen molar-refractivity contribution in [2.24, 2.45) is 11.8 Å². The van der Waals surface area contributed by atoms with Gasteiger partial charge < -0.3 is 9.47 Å². The lowest BCUT2D eigenvalue weighted by Crippen LogP contribution is -2.21. The second-order valence-electron chi connectivity index (χ2n) is 4.72. The number of ether oxygens (including phenoxy) is 2. The van der Waals surface area contributed by atoms with Crippen LogP contribution in [0.2, 0.25) is 0 Å². The average Bonchev–Trinajstić information content (AvgIpc) is 2.84. The van der Waals surface area contributed by atoms with Crippen LogP contribution in [0.25, 0.3) is 0 Å². The molecule has 0 unspecified atom stereocenters. The lowest BCUT2D eigenvalue weighted by Gasteiger charge is -2.18. The molecule has 3 nitrogen and oxygen atoms in total. The molecule has 0 N–H and O–H groups in total. The summed E-state index contributed by atoms with van der Waals surface area (Å²) in [4.78, 5) is 11.6. The van der Waals surface area contributed by atoms with Crippen LogP contribution in [-0.2, 0) is 14.3 Å². The van der Waals surface area contributed by atoms with E-state index in [0.29, 0.717) is 5.92 Å². The molecule has 2 fully saturated rings. The van der Waals surface area contributed by atoms with E-state index in [-0.39, 0.29) is 17.5 Å². The Kier molecular flexibility index (Phi) is 3.01. The van der Waals surface area contributed by atoms with Crippen LogP contribution in [0, 0.1) is 11.8 Å². The molecule has 2 aliphatic rings. The highest BCUT2D eigenvalue weighted by Gasteiger charge is 2.68. The van der Waals surface area contributed by atoms with Crippen LogP contribution < -0.4 is 0 Å². The summed E-state index contributed by atoms with van der Waals surface area (Å²) in [5.74, 6) is 0.338. The third kappa shape index (κ3) is 1.67. The van der Waals surface area contributed by atoms with Crippen LogP contribution in [0.4, 0.5) is 0 Å². The van der Waals surface area contributed by atoms with Gasteiger partial charge in [-0.1, -0.05) is 25.7 Å². The van der Waals surface area contributed by atoms with Crippen molar-refractivity contribution in [2.75, 3.05) is 14.2 Å². The van der Waals surface area contributed by atoms with Crippen LogP contribution >= 0.6 is 0 Å². The minimum atomic E-state index is -0.173. The van der Waals surface area contributed by atoms with E-state index < -0.39 is 0 Å². The van der Waals surface area contributed by atoms with E-state index in [9.17, 15) is 4.79 Å². The van der Waals surface area contributed by atoms with Gasteiger partial charge in [0.05, 0.1) is 18.6 Å². The second kappa shape index (κ2) is 4.12. The molecule has 0 amide bonds. The smallest absolute Gasteiger partial charge is 0.312 e. The minimum Gasteiger partial charge on any atom is -0.469 e. The van der Waals surface area contributed by atoms with Crippen molar-refractivity contribution in [3.63, 3.8) is 0 Å². The first-order valence-corrected chi connectivity index (χ1v) is 5.89. The summed E-state index contributed by atoms with van der Waals surface area (Å²) in [7, 11) is 3.20. The van der Waals surface area contributed by atoms with Gasteiger partial charge in [0.15, 0.2) is 0 Å². The molecule has 2 saturated carbocycles. The van der Waals surface area contributed by atoms with Gasteiger partial charge in [-0.05, 0) is 12.8 Å². The molecule has 86 valence electrons. The Labute approximate surface area is 91.1 Å². The maximum Gasteiger partial charge on any atom is 0.312 e. The molecule has 0 aromatic carbocycles. The predicted octanol–water partition coefficient (Wildman–Crippen LogP) is 2.14. The lowest BCUT2D eigenvalue weighted by molar-refractivity contribution is -0.144. The number of carbonyl (C=O) groups excluding carboxylic acids is 1. The summed E-state index contributed by atoms with van der Waals surface area (Å²) in [5.41, 5.74) is -0.173. The molecule has 0 aromatic heterocycles. The maximum absolute atomic E-state index is 11.6. The molecule has 0 aliphatic heterocycles. The van der Waals surface area contributed by atoms with Crippen molar-refractivity contribution in [1.29, 1.82) is 0 Å². The zero-order valence-electron chi connectivity index (χ0n) is 9.62. The Morgan fingerprint density at radius 1 is 1.20 bits per heavy atom. The Hall–Kier alpha value is -0.570. The number of carbonyl (C=O) groups is 1. The third-order valence-electron chi connectivity index (χ3n) is 4.12. The Balaban J connectivity index is 2.10. The van der Waals surface area contributed by atoms with Crippen LogP contribution in [0.1, 0.15) is 38.5 Å². The van der Waals surface area contributed by atoms with Gasteiger partial charge >= 0.3 is 5.97 Å². The van der Waals surface area contributed by atoms with Gasteiger partial charge in [-0.15, -0.1) is 0 Å². The van der Waals surface area contributed by atoms with Gasteiger partial charge in [0.25, 0.3) is 0 Å². The lowest BCUT2D eigenvalue weighted by atomic mass is 9.98. The average molecular weight is 212 g/mol. The number of fused-ring (bicyclic) bond motifs is 1. The van der Waals surface area contributed by atoms with Crippen LogP contribution in [0.5, 0.6) is 0 Å². The Morgan fingerprint density at radius 3 is 2.60 bits per heavy atom. The van der Waals surface area contributed by atoms with E-state index in [1.54, 1.807) is 7.11 Å². The number of esters is 1. The largest absolute Gasteiger partial charge is 0.469 e. The van der Waals surface area contributed by atoms with Crippen molar-refractivity contribution < 1.29 is 14.3 Å². The molecule has 0 spiro atoms. The summed E-state index contributed by atoms with van der Waals surface area (Å²) in [6, 6.07) is 0. The molecular weight excluding hydrogens is 192 g/mol. The van der Waals surface area contributed by atoms with E-state index in [2.05, 4.69) is 0 Å². The molecule has 0 bridgehead atoms. The first-order chi connectivity index (χ1) is 7.26. The topological polar surface area (TPSA) is 35.5 Å². The summed E-state index contributed by atoms with van der Waals surface area (Å²) >= 11 is 0. The number of hydrogen-bond acceptors (Lipinski definition) is 3. The number of methoxy groups -OCH3 is 2. The van der Waals surface area contributed by atoms with Gasteiger partial charge in [-0.2, -0.15) is 0 Å². The van der Waals surface area contributed by atoms with Crippen LogP contribution in [0.15, 0.2) is 0 Å². The zero-order valence-corrected chi connectivity index (χ0v) is 9.62. The quantitative estimate of drug-likeness (QED) is 0.658. The fourth-order valence-corrected chi connectivity index (χ4v) is 3.23. The van der Waals surface area contributed by atoms with E-state index >= 15 is 0 Å². The molecule has 0 heterocycles. The van der Waals surface area contributed by atoms with E-state index in [4.69, 9.17) is 9.47 Å². The standard InChI is InChI=1S/C12H20O3/c1-14-11(13)10-9-7-5-3-4-6-8-12(9,10)15-2/h9-10H,3-8H2,1-2H3/t9-,10-,12-/m0/s1. The van der Waals surface area contributed by atoms with Crippen LogP contribution in [-0.4, -0.2) is 25.8 Å². The van der Waals surface area contributed by atoms with Gasteiger partial charge in [0.1, 0.15) is 0 Å². The first-order valence-electron chi connectivity index (χ1n) is 5.89. The highest BCUT2D eigenvalue weighted by molar-refractivity contribution is 5.78. The molecule has 0 aromatic rings. The van der Waals surface area contributed by atoms with Gasteiger partial charge in [0.2, 0.25) is 0 Å². The van der Waals surface area contributed by atoms with E-state index in [1.807, 2.05) is 0 Å². The highest BCUT2D eigenvalue weighted by atomic mass is 16.5. The normalized spacial score (nSPS) is 39.9. The van der Waals surface area contributed by atoms with E-state index in [1.165, 1.54) is 32.8 Å². The summed E-state index contributed by atoms with van der Waals surface area (Å²) in [6.07, 6.45) is 7.11.